The lowest BCUT2D eigenvalue weighted by Gasteiger charge is -2.22. The Morgan fingerprint density at radius 1 is 1.07 bits per heavy atom. The zero-order valence-electron chi connectivity index (χ0n) is 17.0. The maximum absolute atomic E-state index is 5.47. The van der Waals surface area contributed by atoms with Gasteiger partial charge in [-0.05, 0) is 55.2 Å². The van der Waals surface area contributed by atoms with E-state index in [1.807, 2.05) is 31.2 Å². The lowest BCUT2D eigenvalue weighted by molar-refractivity contribution is 0.414. The number of rotatable bonds is 2. The molecule has 0 aliphatic carbocycles. The monoisotopic (exact) mass is 385 g/mol. The molecule has 4 aromatic rings. The number of nitrogens with zero attached hydrogens (tertiary/aromatic N) is 5. The number of ether oxygens (including phenoxy) is 1. The van der Waals surface area contributed by atoms with Crippen LogP contribution in [0.5, 0.6) is 5.75 Å². The zero-order chi connectivity index (χ0) is 20.1. The van der Waals surface area contributed by atoms with Crippen LogP contribution in [0, 0.1) is 6.92 Å². The molecule has 1 unspecified atom stereocenters. The summed E-state index contributed by atoms with van der Waals surface area (Å²) in [6.07, 6.45) is 2.49. The summed E-state index contributed by atoms with van der Waals surface area (Å²) < 4.78 is 7.62. The van der Waals surface area contributed by atoms with E-state index in [0.717, 1.165) is 51.9 Å². The Bertz CT molecular complexity index is 1230. The van der Waals surface area contributed by atoms with Crippen LogP contribution in [0.1, 0.15) is 29.8 Å². The van der Waals surface area contributed by atoms with Gasteiger partial charge in [0.05, 0.1) is 18.1 Å². The largest absolute Gasteiger partial charge is 0.497 e. The fourth-order valence-corrected chi connectivity index (χ4v) is 4.36. The number of fused-ring (bicyclic) bond motifs is 3. The first-order valence-corrected chi connectivity index (χ1v) is 9.78. The molecular formula is C23H23N5O. The Labute approximate surface area is 169 Å². The first-order chi connectivity index (χ1) is 14.1. The molecule has 0 saturated carbocycles. The summed E-state index contributed by atoms with van der Waals surface area (Å²) in [5.41, 5.74) is 5.56. The predicted molar refractivity (Wildman–Crippen MR) is 115 cm³/mol. The van der Waals surface area contributed by atoms with Crippen molar-refractivity contribution in [1.82, 2.24) is 19.5 Å². The van der Waals surface area contributed by atoms with Gasteiger partial charge < -0.3 is 9.64 Å². The van der Waals surface area contributed by atoms with E-state index in [-0.39, 0.29) is 0 Å². The molecule has 146 valence electrons. The van der Waals surface area contributed by atoms with Gasteiger partial charge in [-0.1, -0.05) is 19.1 Å². The van der Waals surface area contributed by atoms with E-state index in [9.17, 15) is 0 Å². The number of para-hydroxylation sites is 2. The van der Waals surface area contributed by atoms with E-state index in [1.165, 1.54) is 5.56 Å². The number of hydrogen-bond donors (Lipinski definition) is 0. The van der Waals surface area contributed by atoms with E-state index in [0.29, 0.717) is 5.92 Å². The fourth-order valence-electron chi connectivity index (χ4n) is 4.36. The molecule has 0 saturated heterocycles. The van der Waals surface area contributed by atoms with E-state index >= 15 is 0 Å². The van der Waals surface area contributed by atoms with Crippen molar-refractivity contribution in [3.05, 3.63) is 65.7 Å². The zero-order valence-corrected chi connectivity index (χ0v) is 17.0. The molecule has 2 aromatic heterocycles. The van der Waals surface area contributed by atoms with E-state index in [4.69, 9.17) is 14.7 Å². The lowest BCUT2D eigenvalue weighted by atomic mass is 9.94. The molecule has 0 spiro atoms. The molecule has 0 radical (unpaired) electrons. The average molecular weight is 385 g/mol. The van der Waals surface area contributed by atoms with E-state index in [1.54, 1.807) is 13.4 Å². The van der Waals surface area contributed by atoms with Gasteiger partial charge in [-0.15, -0.1) is 0 Å². The number of aromatic nitrogens is 4. The Morgan fingerprint density at radius 3 is 2.69 bits per heavy atom. The van der Waals surface area contributed by atoms with Crippen LogP contribution in [0.2, 0.25) is 0 Å². The van der Waals surface area contributed by atoms with Gasteiger partial charge in [-0.25, -0.2) is 15.0 Å². The molecule has 5 rings (SSSR count). The van der Waals surface area contributed by atoms with Gasteiger partial charge >= 0.3 is 0 Å². The highest BCUT2D eigenvalue weighted by Crippen LogP contribution is 2.42. The Kier molecular flexibility index (Phi) is 4.01. The quantitative estimate of drug-likeness (QED) is 0.506. The van der Waals surface area contributed by atoms with E-state index < -0.39 is 0 Å². The summed E-state index contributed by atoms with van der Waals surface area (Å²) in [7, 11) is 3.77. The fraction of sp³-hybridized carbons (Fsp3) is 0.261. The molecule has 0 amide bonds. The Hall–Kier alpha value is -3.41. The van der Waals surface area contributed by atoms with Crippen LogP contribution in [-0.2, 0) is 6.42 Å². The lowest BCUT2D eigenvalue weighted by Crippen LogP contribution is -2.15. The SMILES string of the molecule is COc1ccc2c(c1)C(C)Cc1c(ncnc1-n1c(C)nc3ccccc31)N2C. The second-order valence-electron chi connectivity index (χ2n) is 7.57. The molecule has 3 heterocycles. The number of imidazole rings is 1. The molecule has 29 heavy (non-hydrogen) atoms. The van der Waals surface area contributed by atoms with Crippen molar-refractivity contribution in [2.24, 2.45) is 0 Å². The summed E-state index contributed by atoms with van der Waals surface area (Å²) in [6.45, 7) is 4.27. The minimum atomic E-state index is 0.295. The van der Waals surface area contributed by atoms with Gasteiger partial charge in [0.25, 0.3) is 0 Å². The minimum Gasteiger partial charge on any atom is -0.497 e. The van der Waals surface area contributed by atoms with Crippen LogP contribution < -0.4 is 9.64 Å². The molecule has 6 heteroatoms. The second-order valence-corrected chi connectivity index (χ2v) is 7.57. The molecule has 1 atom stereocenters. The van der Waals surface area contributed by atoms with Crippen LogP contribution in [0.15, 0.2) is 48.8 Å². The summed E-state index contributed by atoms with van der Waals surface area (Å²) in [5, 5.41) is 0. The van der Waals surface area contributed by atoms with Crippen LogP contribution in [0.3, 0.4) is 0 Å². The summed E-state index contributed by atoms with van der Waals surface area (Å²) in [5.74, 6) is 3.93. The van der Waals surface area contributed by atoms with Gasteiger partial charge in [0, 0.05) is 18.3 Å². The van der Waals surface area contributed by atoms with Crippen LogP contribution >= 0.6 is 0 Å². The van der Waals surface area contributed by atoms with Gasteiger partial charge in [-0.3, -0.25) is 4.57 Å². The standard InChI is InChI=1S/C23H23N5O/c1-14-11-18-22(27(3)20-10-9-16(29-4)12-17(14)20)24-13-25-23(18)28-15(2)26-19-7-5-6-8-21(19)28/h5-10,12-14H,11H2,1-4H3. The van der Waals surface area contributed by atoms with Gasteiger partial charge in [-0.2, -0.15) is 0 Å². The number of hydrogen-bond acceptors (Lipinski definition) is 5. The van der Waals surface area contributed by atoms with Crippen molar-refractivity contribution in [3.8, 4) is 11.6 Å². The summed E-state index contributed by atoms with van der Waals surface area (Å²) in [6, 6.07) is 14.4. The van der Waals surface area contributed by atoms with Crippen molar-refractivity contribution in [1.29, 1.82) is 0 Å². The third-order valence-electron chi connectivity index (χ3n) is 5.80. The topological polar surface area (TPSA) is 56.1 Å². The molecule has 2 aromatic carbocycles. The smallest absolute Gasteiger partial charge is 0.147 e. The van der Waals surface area contributed by atoms with Crippen molar-refractivity contribution in [2.75, 3.05) is 19.1 Å². The van der Waals surface area contributed by atoms with Crippen LogP contribution in [0.25, 0.3) is 16.9 Å². The number of aryl methyl sites for hydroxylation is 1. The van der Waals surface area contributed by atoms with Gasteiger partial charge in [0.2, 0.25) is 0 Å². The number of benzene rings is 2. The molecule has 6 nitrogen and oxygen atoms in total. The highest BCUT2D eigenvalue weighted by atomic mass is 16.5. The normalized spacial score (nSPS) is 15.7. The van der Waals surface area contributed by atoms with Gasteiger partial charge in [0.15, 0.2) is 0 Å². The summed E-state index contributed by atoms with van der Waals surface area (Å²) >= 11 is 0. The average Bonchev–Trinajstić information content (AvgIpc) is 3.03. The summed E-state index contributed by atoms with van der Waals surface area (Å²) in [4.78, 5) is 16.3. The van der Waals surface area contributed by atoms with Crippen molar-refractivity contribution in [2.45, 2.75) is 26.2 Å². The van der Waals surface area contributed by atoms with Crippen LogP contribution in [-0.4, -0.2) is 33.7 Å². The van der Waals surface area contributed by atoms with E-state index in [2.05, 4.69) is 46.6 Å². The second kappa shape index (κ2) is 6.58. The molecule has 0 bridgehead atoms. The predicted octanol–water partition coefficient (Wildman–Crippen LogP) is 4.56. The number of anilines is 2. The van der Waals surface area contributed by atoms with Gasteiger partial charge in [0.1, 0.15) is 29.5 Å². The first-order valence-electron chi connectivity index (χ1n) is 9.78. The highest BCUT2D eigenvalue weighted by Gasteiger charge is 2.28. The van der Waals surface area contributed by atoms with Crippen molar-refractivity contribution in [3.63, 3.8) is 0 Å². The molecule has 0 fully saturated rings. The molecule has 1 aliphatic rings. The molecule has 1 aliphatic heterocycles. The third kappa shape index (κ3) is 2.67. The van der Waals surface area contributed by atoms with Crippen molar-refractivity contribution >= 4 is 22.5 Å². The first kappa shape index (κ1) is 17.7. The third-order valence-corrected chi connectivity index (χ3v) is 5.80. The minimum absolute atomic E-state index is 0.295. The van der Waals surface area contributed by atoms with Crippen molar-refractivity contribution < 1.29 is 4.74 Å². The maximum Gasteiger partial charge on any atom is 0.147 e. The molecular weight excluding hydrogens is 362 g/mol. The maximum atomic E-state index is 5.47. The Morgan fingerprint density at radius 2 is 1.86 bits per heavy atom. The number of methoxy groups -OCH3 is 1. The highest BCUT2D eigenvalue weighted by molar-refractivity contribution is 5.79. The molecule has 0 N–H and O–H groups in total. The Balaban J connectivity index is 1.74. The van der Waals surface area contributed by atoms with Crippen LogP contribution in [0.4, 0.5) is 11.5 Å².